The van der Waals surface area contributed by atoms with E-state index in [1.165, 1.54) is 22.3 Å². The average molecular weight is 465 g/mol. The molecule has 1 aromatic carbocycles. The third-order valence-corrected chi connectivity index (χ3v) is 4.68. The minimum atomic E-state index is 0.333. The van der Waals surface area contributed by atoms with Crippen LogP contribution in [0.3, 0.4) is 0 Å². The number of unbranched alkanes of at least 4 members (excludes halogenated alkanes) is 1. The highest BCUT2D eigenvalue weighted by atomic mass is 14.7. The summed E-state index contributed by atoms with van der Waals surface area (Å²) in [6, 6.07) is 9.05. The second-order valence-electron chi connectivity index (χ2n) is 9.34. The largest absolute Gasteiger partial charge is 0.328 e. The van der Waals surface area contributed by atoms with E-state index >= 15 is 0 Å². The lowest BCUT2D eigenvalue weighted by Gasteiger charge is -2.06. The summed E-state index contributed by atoms with van der Waals surface area (Å²) in [5.74, 6) is 0.653. The molecule has 0 atom stereocenters. The molecule has 0 saturated heterocycles. The third-order valence-electron chi connectivity index (χ3n) is 4.68. The minimum absolute atomic E-state index is 0.333. The molecule has 0 heterocycles. The van der Waals surface area contributed by atoms with Gasteiger partial charge < -0.3 is 5.73 Å². The maximum absolute atomic E-state index is 5.11. The van der Waals surface area contributed by atoms with Gasteiger partial charge in [0, 0.05) is 11.9 Å². The van der Waals surface area contributed by atoms with Crippen LogP contribution in [0.2, 0.25) is 0 Å². The Hall–Kier alpha value is -2.45. The molecule has 2 nitrogen and oxygen atoms in total. The van der Waals surface area contributed by atoms with Crippen molar-refractivity contribution in [2.24, 2.45) is 10.7 Å². The van der Waals surface area contributed by atoms with Gasteiger partial charge in [0.2, 0.25) is 0 Å². The number of allylic oxidation sites excluding steroid dienone is 8. The number of nitrogens with zero attached hydrogens (tertiary/aromatic N) is 1. The van der Waals surface area contributed by atoms with Gasteiger partial charge in [0.1, 0.15) is 0 Å². The highest BCUT2D eigenvalue weighted by Gasteiger charge is 2.00. The zero-order valence-corrected chi connectivity index (χ0v) is 23.6. The molecule has 0 aliphatic rings. The zero-order chi connectivity index (χ0) is 26.5. The van der Waals surface area contributed by atoms with Crippen LogP contribution in [0.15, 0.2) is 89.1 Å². The second kappa shape index (κ2) is 21.1. The van der Waals surface area contributed by atoms with Gasteiger partial charge in [-0.2, -0.15) is 0 Å². The number of benzene rings is 1. The van der Waals surface area contributed by atoms with Crippen molar-refractivity contribution in [3.8, 4) is 0 Å². The average Bonchev–Trinajstić information content (AvgIpc) is 2.76. The van der Waals surface area contributed by atoms with Gasteiger partial charge in [-0.15, -0.1) is 0 Å². The quantitative estimate of drug-likeness (QED) is 0.209. The van der Waals surface area contributed by atoms with Gasteiger partial charge in [-0.3, -0.25) is 4.99 Å². The molecule has 190 valence electrons. The lowest BCUT2D eigenvalue weighted by atomic mass is 10.0. The van der Waals surface area contributed by atoms with Crippen molar-refractivity contribution in [2.75, 3.05) is 0 Å². The van der Waals surface area contributed by atoms with E-state index in [1.807, 2.05) is 26.1 Å². The number of aliphatic imine (C=N–C) groups is 1. The Balaban J connectivity index is 0. The molecule has 34 heavy (non-hydrogen) atoms. The Morgan fingerprint density at radius 1 is 1.06 bits per heavy atom. The van der Waals surface area contributed by atoms with Crippen LogP contribution < -0.4 is 5.73 Å². The van der Waals surface area contributed by atoms with Crippen molar-refractivity contribution in [1.29, 1.82) is 0 Å². The van der Waals surface area contributed by atoms with Crippen molar-refractivity contribution in [1.82, 2.24) is 0 Å². The zero-order valence-electron chi connectivity index (χ0n) is 23.6. The van der Waals surface area contributed by atoms with Gasteiger partial charge in [-0.1, -0.05) is 121 Å². The minimum Gasteiger partial charge on any atom is -0.328 e. The Morgan fingerprint density at radius 2 is 1.62 bits per heavy atom. The molecule has 1 aromatic rings. The van der Waals surface area contributed by atoms with E-state index in [0.29, 0.717) is 12.0 Å². The molecule has 0 fully saturated rings. The van der Waals surface area contributed by atoms with Crippen LogP contribution >= 0.6 is 0 Å². The molecule has 0 spiro atoms. The molecule has 0 bridgehead atoms. The number of rotatable bonds is 10. The fourth-order valence-electron chi connectivity index (χ4n) is 2.75. The first-order valence-electron chi connectivity index (χ1n) is 12.7. The molecule has 0 aliphatic heterocycles. The Kier molecular flexibility index (Phi) is 20.9. The summed E-state index contributed by atoms with van der Waals surface area (Å²) in [5.41, 5.74) is 12.6. The monoisotopic (exact) mass is 464 g/mol. The molecular formula is C32H52N2. The Bertz CT molecular complexity index is 797. The first-order valence-corrected chi connectivity index (χ1v) is 12.7. The number of aryl methyl sites for hydroxylation is 1. The summed E-state index contributed by atoms with van der Waals surface area (Å²) < 4.78 is 0. The number of nitrogens with two attached hydrogens (primary N) is 1. The lowest BCUT2D eigenvalue weighted by Crippen LogP contribution is -2.06. The van der Waals surface area contributed by atoms with Crippen LogP contribution in [0.5, 0.6) is 0 Å². The highest BCUT2D eigenvalue weighted by Crippen LogP contribution is 2.18. The van der Waals surface area contributed by atoms with E-state index in [0.717, 1.165) is 37.0 Å². The topological polar surface area (TPSA) is 38.4 Å². The van der Waals surface area contributed by atoms with E-state index in [4.69, 9.17) is 5.73 Å². The smallest absolute Gasteiger partial charge is 0.0368 e. The van der Waals surface area contributed by atoms with Crippen LogP contribution in [0.25, 0.3) is 0 Å². The molecule has 0 aromatic heterocycles. The molecule has 0 unspecified atom stereocenters. The van der Waals surface area contributed by atoms with Crippen molar-refractivity contribution in [3.63, 3.8) is 0 Å². The van der Waals surface area contributed by atoms with E-state index in [9.17, 15) is 0 Å². The predicted octanol–water partition coefficient (Wildman–Crippen LogP) is 9.65. The summed E-state index contributed by atoms with van der Waals surface area (Å²) in [7, 11) is 0. The van der Waals surface area contributed by atoms with Crippen LogP contribution in [0, 0.1) is 6.92 Å². The molecule has 2 N–H and O–H groups in total. The van der Waals surface area contributed by atoms with Crippen LogP contribution in [0.4, 0.5) is 0 Å². The Morgan fingerprint density at radius 3 is 2.03 bits per heavy atom. The molecule has 1 rings (SSSR count). The van der Waals surface area contributed by atoms with Crippen LogP contribution in [0.1, 0.15) is 98.1 Å². The third kappa shape index (κ3) is 20.2. The fraction of sp³-hybridized carbons (Fsp3) is 0.469. The standard InChI is InChI=1S/C19H29N.C10H14.C3H9N/c1-7-10-11-13-18(12-8-2)15-20-17(6)19(9-3)14-16(4)5;1-8(2)10-6-4-9(3)5-7-10;1-3(2)4/h8,11-13,15H,2,4,7,9-10,14H2,1,3,5-6H3;4-8H,1-3H3;3H,4H2,1-2H3/b13-11-,18-12+,19-17-,20-15-;;. The van der Waals surface area contributed by atoms with Gasteiger partial charge in [-0.25, -0.2) is 0 Å². The molecule has 0 saturated carbocycles. The second-order valence-corrected chi connectivity index (χ2v) is 9.34. The summed E-state index contributed by atoms with van der Waals surface area (Å²) in [6.45, 7) is 26.6. The normalized spacial score (nSPS) is 12.3. The van der Waals surface area contributed by atoms with Crippen molar-refractivity contribution in [2.45, 2.75) is 100.0 Å². The summed E-state index contributed by atoms with van der Waals surface area (Å²) >= 11 is 0. The van der Waals surface area contributed by atoms with Crippen LogP contribution in [-0.2, 0) is 0 Å². The van der Waals surface area contributed by atoms with Crippen molar-refractivity contribution < 1.29 is 0 Å². The number of hydrogen-bond donors (Lipinski definition) is 1. The summed E-state index contributed by atoms with van der Waals surface area (Å²) in [4.78, 5) is 4.59. The maximum atomic E-state index is 5.11. The van der Waals surface area contributed by atoms with E-state index in [1.54, 1.807) is 6.08 Å². The SMILES string of the molecule is C=C/C=C(\C=C/CCC)/C=N\C(C)=C(\CC)CC(=C)C.CC(C)N.Cc1ccc(C(C)C)cc1. The fourth-order valence-corrected chi connectivity index (χ4v) is 2.75. The predicted molar refractivity (Wildman–Crippen MR) is 158 cm³/mol. The van der Waals surface area contributed by atoms with Gasteiger partial charge in [0.25, 0.3) is 0 Å². The van der Waals surface area contributed by atoms with Crippen molar-refractivity contribution >= 4 is 6.21 Å². The van der Waals surface area contributed by atoms with Gasteiger partial charge in [0.05, 0.1) is 0 Å². The molecule has 0 amide bonds. The van der Waals surface area contributed by atoms with E-state index < -0.39 is 0 Å². The first-order chi connectivity index (χ1) is 16.0. The van der Waals surface area contributed by atoms with Crippen LogP contribution in [-0.4, -0.2) is 12.3 Å². The van der Waals surface area contributed by atoms with E-state index in [-0.39, 0.29) is 0 Å². The molecule has 0 radical (unpaired) electrons. The van der Waals surface area contributed by atoms with Crippen molar-refractivity contribution in [3.05, 3.63) is 95.3 Å². The van der Waals surface area contributed by atoms with Gasteiger partial charge >= 0.3 is 0 Å². The molecule has 2 heteroatoms. The van der Waals surface area contributed by atoms with E-state index in [2.05, 4.69) is 103 Å². The molecule has 0 aliphatic carbocycles. The van der Waals surface area contributed by atoms with Gasteiger partial charge in [-0.05, 0) is 68.7 Å². The lowest BCUT2D eigenvalue weighted by molar-refractivity contribution is 0.834. The summed E-state index contributed by atoms with van der Waals surface area (Å²) in [5, 5.41) is 0. The maximum Gasteiger partial charge on any atom is 0.0368 e. The Labute approximate surface area is 212 Å². The molecular weight excluding hydrogens is 412 g/mol. The first kappa shape index (κ1) is 33.7. The highest BCUT2D eigenvalue weighted by molar-refractivity contribution is 5.83. The van der Waals surface area contributed by atoms with Gasteiger partial charge in [0.15, 0.2) is 0 Å². The number of hydrogen-bond acceptors (Lipinski definition) is 2. The summed E-state index contributed by atoms with van der Waals surface area (Å²) in [6.07, 6.45) is 14.2.